The Balaban J connectivity index is 1.86. The molecule has 1 heterocycles. The van der Waals surface area contributed by atoms with E-state index >= 15 is 0 Å². The maximum Gasteiger partial charge on any atom is 0.138 e. The van der Waals surface area contributed by atoms with E-state index in [2.05, 4.69) is 15.5 Å². The molecule has 0 aromatic carbocycles. The quantitative estimate of drug-likeness (QED) is 0.473. The lowest BCUT2D eigenvalue weighted by Crippen LogP contribution is -2.38. The number of nitrogens with one attached hydrogen (secondary N) is 1. The van der Waals surface area contributed by atoms with E-state index in [1.807, 2.05) is 11.7 Å². The van der Waals surface area contributed by atoms with Crippen molar-refractivity contribution in [1.82, 2.24) is 20.2 Å². The Morgan fingerprint density at radius 2 is 2.11 bits per heavy atom. The van der Waals surface area contributed by atoms with Gasteiger partial charge >= 0.3 is 0 Å². The van der Waals surface area contributed by atoms with E-state index in [4.69, 9.17) is 5.84 Å². The molecule has 2 rings (SSSR count). The minimum absolute atomic E-state index is 0.316. The molecule has 0 radical (unpaired) electrons. The molecule has 0 amide bonds. The molecule has 5 nitrogen and oxygen atoms in total. The van der Waals surface area contributed by atoms with Crippen molar-refractivity contribution in [3.05, 3.63) is 12.2 Å². The van der Waals surface area contributed by atoms with Crippen molar-refractivity contribution in [2.45, 2.75) is 57.4 Å². The normalized spacial score (nSPS) is 19.7. The first-order valence-electron chi connectivity index (χ1n) is 7.08. The average Bonchev–Trinajstić information content (AvgIpc) is 2.64. The second-order valence-corrected chi connectivity index (χ2v) is 5.46. The predicted molar refractivity (Wildman–Crippen MR) is 71.6 cm³/mol. The first-order chi connectivity index (χ1) is 8.79. The predicted octanol–water partition coefficient (Wildman–Crippen LogP) is 1.55. The van der Waals surface area contributed by atoms with Crippen LogP contribution in [-0.4, -0.2) is 20.8 Å². The Labute approximate surface area is 109 Å². The zero-order valence-electron chi connectivity index (χ0n) is 11.3. The van der Waals surface area contributed by atoms with E-state index in [-0.39, 0.29) is 0 Å². The van der Waals surface area contributed by atoms with Gasteiger partial charge in [0.05, 0.1) is 0 Å². The van der Waals surface area contributed by atoms with Crippen LogP contribution in [0.2, 0.25) is 0 Å². The number of hydrogen-bond acceptors (Lipinski definition) is 4. The zero-order chi connectivity index (χ0) is 12.8. The molecular weight excluding hydrogens is 226 g/mol. The summed E-state index contributed by atoms with van der Waals surface area (Å²) in [6.07, 6.45) is 11.9. The van der Waals surface area contributed by atoms with E-state index in [0.717, 1.165) is 24.6 Å². The van der Waals surface area contributed by atoms with Crippen molar-refractivity contribution >= 4 is 0 Å². The number of aromatic nitrogens is 3. The van der Waals surface area contributed by atoms with Gasteiger partial charge in [-0.05, 0) is 12.3 Å². The Kier molecular flexibility index (Phi) is 5.13. The third kappa shape index (κ3) is 3.78. The highest BCUT2D eigenvalue weighted by molar-refractivity contribution is 4.89. The minimum atomic E-state index is 0.316. The van der Waals surface area contributed by atoms with E-state index in [0.29, 0.717) is 6.04 Å². The Morgan fingerprint density at radius 3 is 2.67 bits per heavy atom. The molecule has 1 saturated carbocycles. The fraction of sp³-hybridized carbons (Fsp3) is 0.846. The number of hydrogen-bond donors (Lipinski definition) is 2. The Morgan fingerprint density at radius 1 is 1.39 bits per heavy atom. The van der Waals surface area contributed by atoms with Crippen molar-refractivity contribution in [3.63, 3.8) is 0 Å². The molecule has 3 N–H and O–H groups in total. The SMILES string of the molecule is Cn1ncnc1CC(CC1CCCCCC1)NN. The van der Waals surface area contributed by atoms with Crippen LogP contribution in [0, 0.1) is 5.92 Å². The zero-order valence-corrected chi connectivity index (χ0v) is 11.3. The number of nitrogens with zero attached hydrogens (tertiary/aromatic N) is 3. The van der Waals surface area contributed by atoms with Gasteiger partial charge in [-0.3, -0.25) is 16.0 Å². The fourth-order valence-electron chi connectivity index (χ4n) is 2.94. The van der Waals surface area contributed by atoms with Crippen LogP contribution in [0.5, 0.6) is 0 Å². The van der Waals surface area contributed by atoms with Gasteiger partial charge in [0.15, 0.2) is 0 Å². The van der Waals surface area contributed by atoms with Gasteiger partial charge < -0.3 is 0 Å². The molecule has 1 unspecified atom stereocenters. The second kappa shape index (κ2) is 6.85. The van der Waals surface area contributed by atoms with Gasteiger partial charge in [-0.25, -0.2) is 4.98 Å². The second-order valence-electron chi connectivity index (χ2n) is 5.46. The topological polar surface area (TPSA) is 68.8 Å². The highest BCUT2D eigenvalue weighted by Crippen LogP contribution is 2.26. The van der Waals surface area contributed by atoms with Gasteiger partial charge in [-0.15, -0.1) is 0 Å². The van der Waals surface area contributed by atoms with Crippen LogP contribution in [0.25, 0.3) is 0 Å². The Bertz CT molecular complexity index is 341. The van der Waals surface area contributed by atoms with Crippen LogP contribution in [0.15, 0.2) is 6.33 Å². The Hall–Kier alpha value is -0.940. The summed E-state index contributed by atoms with van der Waals surface area (Å²) in [6, 6.07) is 0.316. The average molecular weight is 251 g/mol. The van der Waals surface area contributed by atoms with E-state index in [9.17, 15) is 0 Å². The molecule has 0 spiro atoms. The van der Waals surface area contributed by atoms with Crippen molar-refractivity contribution < 1.29 is 0 Å². The summed E-state index contributed by atoms with van der Waals surface area (Å²) in [5.74, 6) is 7.52. The van der Waals surface area contributed by atoms with Crippen LogP contribution in [-0.2, 0) is 13.5 Å². The van der Waals surface area contributed by atoms with Crippen molar-refractivity contribution in [1.29, 1.82) is 0 Å². The standard InChI is InChI=1S/C13H25N5/c1-18-13(15-10-16-18)9-12(17-14)8-11-6-4-2-3-5-7-11/h10-12,17H,2-9,14H2,1H3. The molecule has 1 fully saturated rings. The van der Waals surface area contributed by atoms with E-state index in [1.165, 1.54) is 38.5 Å². The smallest absolute Gasteiger partial charge is 0.138 e. The molecule has 1 aliphatic rings. The number of hydrazine groups is 1. The maximum atomic E-state index is 5.69. The summed E-state index contributed by atoms with van der Waals surface area (Å²) in [6.45, 7) is 0. The van der Waals surface area contributed by atoms with Crippen LogP contribution < -0.4 is 11.3 Å². The third-order valence-electron chi connectivity index (χ3n) is 4.06. The third-order valence-corrected chi connectivity index (χ3v) is 4.06. The molecule has 0 bridgehead atoms. The maximum absolute atomic E-state index is 5.69. The van der Waals surface area contributed by atoms with E-state index in [1.54, 1.807) is 6.33 Å². The number of rotatable bonds is 5. The van der Waals surface area contributed by atoms with Crippen LogP contribution in [0.4, 0.5) is 0 Å². The minimum Gasteiger partial charge on any atom is -0.271 e. The highest BCUT2D eigenvalue weighted by Gasteiger charge is 2.19. The van der Waals surface area contributed by atoms with Gasteiger partial charge in [0.1, 0.15) is 12.2 Å². The summed E-state index contributed by atoms with van der Waals surface area (Å²) in [4.78, 5) is 4.27. The van der Waals surface area contributed by atoms with Gasteiger partial charge in [0.2, 0.25) is 0 Å². The summed E-state index contributed by atoms with van der Waals surface area (Å²) >= 11 is 0. The summed E-state index contributed by atoms with van der Waals surface area (Å²) < 4.78 is 1.83. The summed E-state index contributed by atoms with van der Waals surface area (Å²) in [5.41, 5.74) is 2.95. The molecule has 1 atom stereocenters. The van der Waals surface area contributed by atoms with Gasteiger partial charge in [0.25, 0.3) is 0 Å². The molecule has 0 aliphatic heterocycles. The van der Waals surface area contributed by atoms with Crippen LogP contribution >= 0.6 is 0 Å². The molecule has 1 aromatic rings. The lowest BCUT2D eigenvalue weighted by molar-refractivity contribution is 0.347. The fourth-order valence-corrected chi connectivity index (χ4v) is 2.94. The monoisotopic (exact) mass is 251 g/mol. The molecule has 18 heavy (non-hydrogen) atoms. The molecular formula is C13H25N5. The van der Waals surface area contributed by atoms with Crippen molar-refractivity contribution in [2.75, 3.05) is 0 Å². The molecule has 102 valence electrons. The van der Waals surface area contributed by atoms with Crippen molar-refractivity contribution in [3.8, 4) is 0 Å². The number of nitrogens with two attached hydrogens (primary N) is 1. The number of aryl methyl sites for hydroxylation is 1. The first-order valence-corrected chi connectivity index (χ1v) is 7.08. The van der Waals surface area contributed by atoms with Crippen LogP contribution in [0.1, 0.15) is 50.8 Å². The van der Waals surface area contributed by atoms with Gasteiger partial charge in [0, 0.05) is 19.5 Å². The molecule has 5 heteroatoms. The van der Waals surface area contributed by atoms with Gasteiger partial charge in [-0.1, -0.05) is 38.5 Å². The van der Waals surface area contributed by atoms with Crippen LogP contribution in [0.3, 0.4) is 0 Å². The van der Waals surface area contributed by atoms with E-state index < -0.39 is 0 Å². The van der Waals surface area contributed by atoms with Crippen molar-refractivity contribution in [2.24, 2.45) is 18.8 Å². The lowest BCUT2D eigenvalue weighted by Gasteiger charge is -2.21. The highest BCUT2D eigenvalue weighted by atomic mass is 15.3. The first kappa shape index (κ1) is 13.5. The largest absolute Gasteiger partial charge is 0.271 e. The molecule has 1 aliphatic carbocycles. The summed E-state index contributed by atoms with van der Waals surface area (Å²) in [5, 5.41) is 4.10. The molecule has 1 aromatic heterocycles. The van der Waals surface area contributed by atoms with Gasteiger partial charge in [-0.2, -0.15) is 5.10 Å². The molecule has 0 saturated heterocycles. The summed E-state index contributed by atoms with van der Waals surface area (Å²) in [7, 11) is 1.93. The lowest BCUT2D eigenvalue weighted by atomic mass is 9.91.